The number of hydrogen-bond donors (Lipinski definition) is 2. The van der Waals surface area contributed by atoms with E-state index in [0.29, 0.717) is 16.8 Å². The number of carbonyl (C=O) groups is 1. The number of rotatable bonds is 3. The van der Waals surface area contributed by atoms with Crippen LogP contribution in [0.15, 0.2) is 24.5 Å². The predicted octanol–water partition coefficient (Wildman–Crippen LogP) is 2.53. The number of aryl methyl sites for hydroxylation is 1. The largest absolute Gasteiger partial charge is 0.322 e. The highest BCUT2D eigenvalue weighted by Crippen LogP contribution is 2.30. The number of hydrogen-bond acceptors (Lipinski definition) is 4. The van der Waals surface area contributed by atoms with E-state index in [0.717, 1.165) is 0 Å². The highest BCUT2D eigenvalue weighted by atomic mass is 35.5. The predicted molar refractivity (Wildman–Crippen MR) is 69.4 cm³/mol. The van der Waals surface area contributed by atoms with Crippen LogP contribution in [0.3, 0.4) is 0 Å². The molecule has 0 atom stereocenters. The number of nitro benzene ring substituents is 1. The molecule has 1 amide bonds. The summed E-state index contributed by atoms with van der Waals surface area (Å²) < 4.78 is 0. The Morgan fingerprint density at radius 3 is 2.84 bits per heavy atom. The van der Waals surface area contributed by atoms with Crippen molar-refractivity contribution in [1.29, 1.82) is 0 Å². The van der Waals surface area contributed by atoms with E-state index in [1.807, 2.05) is 0 Å². The molecule has 2 N–H and O–H groups in total. The van der Waals surface area contributed by atoms with E-state index >= 15 is 0 Å². The maximum atomic E-state index is 11.8. The highest BCUT2D eigenvalue weighted by molar-refractivity contribution is 6.33. The van der Waals surface area contributed by atoms with Crippen molar-refractivity contribution in [2.75, 3.05) is 5.32 Å². The number of nitrogens with zero attached hydrogens (tertiary/aromatic N) is 2. The SMILES string of the molecule is Cc1cc([N+](=O)[O-])c(Cl)cc1NC(=O)c1cn[nH]c1. The van der Waals surface area contributed by atoms with Gasteiger partial charge in [-0.1, -0.05) is 11.6 Å². The Hall–Kier alpha value is -2.41. The van der Waals surface area contributed by atoms with Crippen LogP contribution in [0.5, 0.6) is 0 Å². The molecule has 0 saturated heterocycles. The molecular formula is C11H9ClN4O3. The fourth-order valence-electron chi connectivity index (χ4n) is 1.51. The zero-order valence-electron chi connectivity index (χ0n) is 9.81. The topological polar surface area (TPSA) is 101 Å². The maximum absolute atomic E-state index is 11.8. The van der Waals surface area contributed by atoms with Gasteiger partial charge in [0.25, 0.3) is 11.6 Å². The molecule has 1 aromatic carbocycles. The first-order valence-electron chi connectivity index (χ1n) is 5.23. The van der Waals surface area contributed by atoms with E-state index in [1.165, 1.54) is 24.5 Å². The molecule has 0 bridgehead atoms. The Morgan fingerprint density at radius 2 is 2.26 bits per heavy atom. The van der Waals surface area contributed by atoms with Gasteiger partial charge in [0.1, 0.15) is 5.02 Å². The number of amides is 1. The van der Waals surface area contributed by atoms with E-state index in [1.54, 1.807) is 6.92 Å². The number of nitrogens with one attached hydrogen (secondary N) is 2. The van der Waals surface area contributed by atoms with Gasteiger partial charge in [-0.15, -0.1) is 0 Å². The van der Waals surface area contributed by atoms with Gasteiger partial charge in [-0.3, -0.25) is 20.0 Å². The third-order valence-electron chi connectivity index (χ3n) is 2.50. The van der Waals surface area contributed by atoms with Crippen molar-refractivity contribution in [3.05, 3.63) is 50.8 Å². The lowest BCUT2D eigenvalue weighted by molar-refractivity contribution is -0.384. The third kappa shape index (κ3) is 2.71. The zero-order valence-corrected chi connectivity index (χ0v) is 10.6. The molecular weight excluding hydrogens is 272 g/mol. The van der Waals surface area contributed by atoms with Gasteiger partial charge < -0.3 is 5.32 Å². The quantitative estimate of drug-likeness (QED) is 0.666. The van der Waals surface area contributed by atoms with Crippen LogP contribution < -0.4 is 5.32 Å². The minimum Gasteiger partial charge on any atom is -0.322 e. The molecule has 1 aromatic heterocycles. The average molecular weight is 281 g/mol. The van der Waals surface area contributed by atoms with Crippen molar-refractivity contribution in [2.24, 2.45) is 0 Å². The first-order chi connectivity index (χ1) is 8.99. The molecule has 0 aliphatic heterocycles. The van der Waals surface area contributed by atoms with Crippen molar-refractivity contribution in [1.82, 2.24) is 10.2 Å². The van der Waals surface area contributed by atoms with E-state index in [4.69, 9.17) is 11.6 Å². The van der Waals surface area contributed by atoms with Gasteiger partial charge >= 0.3 is 0 Å². The van der Waals surface area contributed by atoms with Crippen LogP contribution >= 0.6 is 11.6 Å². The van der Waals surface area contributed by atoms with Crippen LogP contribution in [0, 0.1) is 17.0 Å². The smallest absolute Gasteiger partial charge is 0.288 e. The summed E-state index contributed by atoms with van der Waals surface area (Å²) >= 11 is 5.79. The van der Waals surface area contributed by atoms with Crippen LogP contribution in [0.4, 0.5) is 11.4 Å². The second kappa shape index (κ2) is 5.07. The van der Waals surface area contributed by atoms with Gasteiger partial charge in [0.2, 0.25) is 0 Å². The Kier molecular flexibility index (Phi) is 3.48. The lowest BCUT2D eigenvalue weighted by Gasteiger charge is -2.08. The summed E-state index contributed by atoms with van der Waals surface area (Å²) in [7, 11) is 0. The number of benzene rings is 1. The molecule has 2 aromatic rings. The first-order valence-corrected chi connectivity index (χ1v) is 5.61. The molecule has 0 aliphatic rings. The molecule has 8 heteroatoms. The van der Waals surface area contributed by atoms with Crippen molar-refractivity contribution in [3.63, 3.8) is 0 Å². The first kappa shape index (κ1) is 13.0. The van der Waals surface area contributed by atoms with E-state index in [2.05, 4.69) is 15.5 Å². The molecule has 19 heavy (non-hydrogen) atoms. The van der Waals surface area contributed by atoms with Crippen LogP contribution in [-0.4, -0.2) is 21.0 Å². The highest BCUT2D eigenvalue weighted by Gasteiger charge is 2.16. The third-order valence-corrected chi connectivity index (χ3v) is 2.80. The summed E-state index contributed by atoms with van der Waals surface area (Å²) in [4.78, 5) is 22.0. The summed E-state index contributed by atoms with van der Waals surface area (Å²) in [5, 5.41) is 19.5. The standard InChI is InChI=1S/C11H9ClN4O3/c1-6-2-10(16(18)19)8(12)3-9(6)15-11(17)7-4-13-14-5-7/h2-5H,1H3,(H,13,14)(H,15,17). The molecule has 0 saturated carbocycles. The van der Waals surface area contributed by atoms with Crippen molar-refractivity contribution >= 4 is 28.9 Å². The Morgan fingerprint density at radius 1 is 1.53 bits per heavy atom. The monoisotopic (exact) mass is 280 g/mol. The van der Waals surface area contributed by atoms with Gasteiger partial charge in [-0.05, 0) is 18.6 Å². The Labute approximate surface area is 112 Å². The fourth-order valence-corrected chi connectivity index (χ4v) is 1.74. The van der Waals surface area contributed by atoms with Crippen molar-refractivity contribution < 1.29 is 9.72 Å². The molecule has 7 nitrogen and oxygen atoms in total. The van der Waals surface area contributed by atoms with Gasteiger partial charge in [-0.25, -0.2) is 0 Å². The number of aromatic nitrogens is 2. The van der Waals surface area contributed by atoms with Crippen molar-refractivity contribution in [2.45, 2.75) is 6.92 Å². The minimum atomic E-state index is -0.572. The summed E-state index contributed by atoms with van der Waals surface area (Å²) in [6, 6.07) is 2.67. The number of nitro groups is 1. The summed E-state index contributed by atoms with van der Waals surface area (Å²) in [5.41, 5.74) is 1.13. The molecule has 0 radical (unpaired) electrons. The lowest BCUT2D eigenvalue weighted by atomic mass is 10.1. The summed E-state index contributed by atoms with van der Waals surface area (Å²) in [5.74, 6) is -0.373. The van der Waals surface area contributed by atoms with E-state index in [9.17, 15) is 14.9 Å². The van der Waals surface area contributed by atoms with Gasteiger partial charge in [0, 0.05) is 18.0 Å². The summed E-state index contributed by atoms with van der Waals surface area (Å²) in [6.45, 7) is 1.65. The lowest BCUT2D eigenvalue weighted by Crippen LogP contribution is -2.12. The van der Waals surface area contributed by atoms with Crippen LogP contribution in [0.2, 0.25) is 5.02 Å². The normalized spacial score (nSPS) is 10.2. The van der Waals surface area contributed by atoms with Gasteiger partial charge in [0.15, 0.2) is 0 Å². The van der Waals surface area contributed by atoms with E-state index in [-0.39, 0.29) is 16.6 Å². The molecule has 0 aliphatic carbocycles. The Bertz CT molecular complexity index is 640. The molecule has 0 fully saturated rings. The maximum Gasteiger partial charge on any atom is 0.288 e. The fraction of sp³-hybridized carbons (Fsp3) is 0.0909. The van der Waals surface area contributed by atoms with Gasteiger partial charge in [0.05, 0.1) is 16.7 Å². The van der Waals surface area contributed by atoms with Crippen molar-refractivity contribution in [3.8, 4) is 0 Å². The molecule has 0 unspecified atom stereocenters. The number of anilines is 1. The molecule has 2 rings (SSSR count). The number of halogens is 1. The average Bonchev–Trinajstić information content (AvgIpc) is 2.86. The number of H-pyrrole nitrogens is 1. The zero-order chi connectivity index (χ0) is 14.0. The van der Waals surface area contributed by atoms with Crippen LogP contribution in [-0.2, 0) is 0 Å². The second-order valence-electron chi connectivity index (χ2n) is 3.82. The minimum absolute atomic E-state index is 0.0295. The van der Waals surface area contributed by atoms with E-state index < -0.39 is 4.92 Å². The number of aromatic amines is 1. The Balaban J connectivity index is 2.29. The second-order valence-corrected chi connectivity index (χ2v) is 4.22. The summed E-state index contributed by atoms with van der Waals surface area (Å²) in [6.07, 6.45) is 2.81. The number of carbonyl (C=O) groups excluding carboxylic acids is 1. The molecule has 1 heterocycles. The van der Waals surface area contributed by atoms with Gasteiger partial charge in [-0.2, -0.15) is 5.10 Å². The van der Waals surface area contributed by atoms with Crippen LogP contribution in [0.1, 0.15) is 15.9 Å². The molecule has 98 valence electrons. The molecule has 0 spiro atoms. The van der Waals surface area contributed by atoms with Crippen LogP contribution in [0.25, 0.3) is 0 Å².